The maximum absolute atomic E-state index is 12.1. The first-order chi connectivity index (χ1) is 9.52. The van der Waals surface area contributed by atoms with Crippen LogP contribution in [0.2, 0.25) is 0 Å². The fourth-order valence-corrected chi connectivity index (χ4v) is 2.18. The summed E-state index contributed by atoms with van der Waals surface area (Å²) in [4.78, 5) is 12.1. The lowest BCUT2D eigenvalue weighted by Crippen LogP contribution is -2.45. The zero-order valence-corrected chi connectivity index (χ0v) is 12.5. The van der Waals surface area contributed by atoms with Crippen molar-refractivity contribution in [2.75, 3.05) is 13.2 Å². The van der Waals surface area contributed by atoms with Crippen LogP contribution in [0.4, 0.5) is 0 Å². The smallest absolute Gasteiger partial charge is 0.234 e. The normalized spacial score (nSPS) is 18.1. The van der Waals surface area contributed by atoms with E-state index >= 15 is 0 Å². The number of para-hydroxylation sites is 1. The van der Waals surface area contributed by atoms with E-state index in [-0.39, 0.29) is 17.5 Å². The van der Waals surface area contributed by atoms with E-state index in [0.29, 0.717) is 13.2 Å². The Morgan fingerprint density at radius 1 is 1.40 bits per heavy atom. The first-order valence-electron chi connectivity index (χ1n) is 7.28. The highest BCUT2D eigenvalue weighted by Crippen LogP contribution is 2.31. The van der Waals surface area contributed by atoms with Gasteiger partial charge in [-0.05, 0) is 26.3 Å². The molecule has 2 rings (SSSR count). The highest BCUT2D eigenvalue weighted by molar-refractivity contribution is 5.78. The van der Waals surface area contributed by atoms with Gasteiger partial charge in [-0.2, -0.15) is 0 Å². The van der Waals surface area contributed by atoms with Crippen molar-refractivity contribution in [3.05, 3.63) is 29.8 Å². The summed E-state index contributed by atoms with van der Waals surface area (Å²) < 4.78 is 5.60. The van der Waals surface area contributed by atoms with Crippen molar-refractivity contribution >= 4 is 5.91 Å². The molecule has 0 spiro atoms. The van der Waals surface area contributed by atoms with E-state index < -0.39 is 0 Å². The molecule has 0 saturated carbocycles. The number of amides is 1. The molecule has 0 aliphatic carbocycles. The lowest BCUT2D eigenvalue weighted by Gasteiger charge is -2.28. The van der Waals surface area contributed by atoms with Crippen molar-refractivity contribution in [1.29, 1.82) is 0 Å². The Morgan fingerprint density at radius 3 is 2.90 bits per heavy atom. The van der Waals surface area contributed by atoms with Crippen molar-refractivity contribution in [1.82, 2.24) is 10.6 Å². The van der Waals surface area contributed by atoms with Gasteiger partial charge in [-0.3, -0.25) is 4.79 Å². The van der Waals surface area contributed by atoms with Crippen LogP contribution in [0.5, 0.6) is 5.75 Å². The molecule has 0 radical (unpaired) electrons. The third kappa shape index (κ3) is 3.73. The summed E-state index contributed by atoms with van der Waals surface area (Å²) in [6, 6.07) is 7.95. The fraction of sp³-hybridized carbons (Fsp3) is 0.562. The quantitative estimate of drug-likeness (QED) is 0.868. The molecule has 4 heteroatoms. The zero-order valence-electron chi connectivity index (χ0n) is 12.5. The molecule has 110 valence electrons. The first-order valence-corrected chi connectivity index (χ1v) is 7.28. The maximum atomic E-state index is 12.1. The third-order valence-electron chi connectivity index (χ3n) is 3.91. The molecule has 1 aromatic rings. The van der Waals surface area contributed by atoms with Crippen LogP contribution in [-0.4, -0.2) is 24.6 Å². The second-order valence-electron chi connectivity index (χ2n) is 5.89. The van der Waals surface area contributed by atoms with E-state index in [1.807, 2.05) is 24.3 Å². The van der Waals surface area contributed by atoms with E-state index in [1.54, 1.807) is 0 Å². The standard InChI is InChI=1S/C16H24N2O2/c1-4-16(2,3)17-11-15(19)18-13-9-10-20-14-8-6-5-7-12(13)14/h5-8,13,17H,4,9-11H2,1-3H3,(H,18,19)/t13-/m1/s1. The number of ether oxygens (including phenoxy) is 1. The first kappa shape index (κ1) is 14.9. The fourth-order valence-electron chi connectivity index (χ4n) is 2.18. The minimum absolute atomic E-state index is 0.00900. The molecule has 1 aliphatic rings. The van der Waals surface area contributed by atoms with Gasteiger partial charge < -0.3 is 15.4 Å². The van der Waals surface area contributed by atoms with Crippen LogP contribution < -0.4 is 15.4 Å². The van der Waals surface area contributed by atoms with E-state index in [9.17, 15) is 4.79 Å². The van der Waals surface area contributed by atoms with Crippen LogP contribution in [0.3, 0.4) is 0 Å². The molecule has 0 bridgehead atoms. The number of hydrogen-bond acceptors (Lipinski definition) is 3. The van der Waals surface area contributed by atoms with E-state index in [2.05, 4.69) is 31.4 Å². The molecule has 0 fully saturated rings. The van der Waals surface area contributed by atoms with Crippen molar-refractivity contribution in [3.8, 4) is 5.75 Å². The van der Waals surface area contributed by atoms with Gasteiger partial charge in [-0.1, -0.05) is 25.1 Å². The Hall–Kier alpha value is -1.55. The second kappa shape index (κ2) is 6.27. The van der Waals surface area contributed by atoms with Crippen LogP contribution in [-0.2, 0) is 4.79 Å². The van der Waals surface area contributed by atoms with Crippen LogP contribution >= 0.6 is 0 Å². The van der Waals surface area contributed by atoms with Gasteiger partial charge in [0.2, 0.25) is 5.91 Å². The lowest BCUT2D eigenvalue weighted by molar-refractivity contribution is -0.121. The Kier molecular flexibility index (Phi) is 4.65. The van der Waals surface area contributed by atoms with Gasteiger partial charge in [0, 0.05) is 17.5 Å². The molecular formula is C16H24N2O2. The highest BCUT2D eigenvalue weighted by atomic mass is 16.5. The molecule has 1 aliphatic heterocycles. The predicted octanol–water partition coefficient (Wildman–Crippen LogP) is 2.40. The van der Waals surface area contributed by atoms with Crippen molar-refractivity contribution in [2.24, 2.45) is 0 Å². The molecule has 0 aromatic heterocycles. The third-order valence-corrected chi connectivity index (χ3v) is 3.91. The van der Waals surface area contributed by atoms with Crippen molar-refractivity contribution in [3.63, 3.8) is 0 Å². The average molecular weight is 276 g/mol. The summed E-state index contributed by atoms with van der Waals surface area (Å²) in [6.45, 7) is 7.31. The summed E-state index contributed by atoms with van der Waals surface area (Å²) in [6.07, 6.45) is 1.81. The van der Waals surface area contributed by atoms with Gasteiger partial charge in [0.25, 0.3) is 0 Å². The van der Waals surface area contributed by atoms with Gasteiger partial charge in [0.05, 0.1) is 19.2 Å². The van der Waals surface area contributed by atoms with Gasteiger partial charge in [-0.15, -0.1) is 0 Å². The van der Waals surface area contributed by atoms with Gasteiger partial charge >= 0.3 is 0 Å². The summed E-state index contributed by atoms with van der Waals surface area (Å²) in [5, 5.41) is 6.37. The lowest BCUT2D eigenvalue weighted by atomic mass is 10.0. The molecule has 2 N–H and O–H groups in total. The maximum Gasteiger partial charge on any atom is 0.234 e. The highest BCUT2D eigenvalue weighted by Gasteiger charge is 2.23. The van der Waals surface area contributed by atoms with Gasteiger partial charge in [0.1, 0.15) is 5.75 Å². The van der Waals surface area contributed by atoms with Crippen LogP contribution in [0.1, 0.15) is 45.2 Å². The largest absolute Gasteiger partial charge is 0.493 e. The van der Waals surface area contributed by atoms with Crippen LogP contribution in [0, 0.1) is 0 Å². The Balaban J connectivity index is 1.93. The number of benzene rings is 1. The predicted molar refractivity (Wildman–Crippen MR) is 79.8 cm³/mol. The SMILES string of the molecule is CCC(C)(C)NCC(=O)N[C@@H]1CCOc2ccccc21. The Labute approximate surface area is 120 Å². The minimum Gasteiger partial charge on any atom is -0.493 e. The molecule has 1 heterocycles. The second-order valence-corrected chi connectivity index (χ2v) is 5.89. The van der Waals surface area contributed by atoms with Crippen LogP contribution in [0.15, 0.2) is 24.3 Å². The summed E-state index contributed by atoms with van der Waals surface area (Å²) in [5.41, 5.74) is 1.06. The van der Waals surface area contributed by atoms with Crippen molar-refractivity contribution in [2.45, 2.75) is 45.2 Å². The molecule has 4 nitrogen and oxygen atoms in total. The Bertz CT molecular complexity index is 471. The monoisotopic (exact) mass is 276 g/mol. The summed E-state index contributed by atoms with van der Waals surface area (Å²) in [7, 11) is 0. The molecule has 0 saturated heterocycles. The van der Waals surface area contributed by atoms with Crippen LogP contribution in [0.25, 0.3) is 0 Å². The Morgan fingerprint density at radius 2 is 2.15 bits per heavy atom. The van der Waals surface area contributed by atoms with E-state index in [4.69, 9.17) is 4.74 Å². The molecule has 1 amide bonds. The number of hydrogen-bond donors (Lipinski definition) is 2. The number of nitrogens with one attached hydrogen (secondary N) is 2. The number of carbonyl (C=O) groups excluding carboxylic acids is 1. The molecular weight excluding hydrogens is 252 g/mol. The van der Waals surface area contributed by atoms with E-state index in [0.717, 1.165) is 24.2 Å². The van der Waals surface area contributed by atoms with Gasteiger partial charge in [-0.25, -0.2) is 0 Å². The minimum atomic E-state index is -0.00900. The average Bonchev–Trinajstić information content (AvgIpc) is 2.46. The number of rotatable bonds is 5. The van der Waals surface area contributed by atoms with E-state index in [1.165, 1.54) is 0 Å². The van der Waals surface area contributed by atoms with Gasteiger partial charge in [0.15, 0.2) is 0 Å². The summed E-state index contributed by atoms with van der Waals surface area (Å²) in [5.74, 6) is 0.916. The number of fused-ring (bicyclic) bond motifs is 1. The summed E-state index contributed by atoms with van der Waals surface area (Å²) >= 11 is 0. The molecule has 20 heavy (non-hydrogen) atoms. The number of carbonyl (C=O) groups is 1. The zero-order chi connectivity index (χ0) is 14.6. The molecule has 1 atom stereocenters. The molecule has 1 aromatic carbocycles. The topological polar surface area (TPSA) is 50.4 Å². The van der Waals surface area contributed by atoms with Crippen molar-refractivity contribution < 1.29 is 9.53 Å². The molecule has 0 unspecified atom stereocenters.